The Hall–Kier alpha value is -3.22. The van der Waals surface area contributed by atoms with E-state index >= 15 is 0 Å². The van der Waals surface area contributed by atoms with E-state index in [1.807, 2.05) is 29.2 Å². The molecule has 6 nitrogen and oxygen atoms in total. The van der Waals surface area contributed by atoms with E-state index in [1.165, 1.54) is 37.8 Å². The number of rotatable bonds is 3. The van der Waals surface area contributed by atoms with E-state index in [-0.39, 0.29) is 23.3 Å². The Kier molecular flexibility index (Phi) is 5.58. The number of methoxy groups -OCH3 is 1. The van der Waals surface area contributed by atoms with Crippen LogP contribution in [0.4, 0.5) is 10.3 Å². The fourth-order valence-corrected chi connectivity index (χ4v) is 6.69. The van der Waals surface area contributed by atoms with Crippen LogP contribution >= 0.6 is 0 Å². The van der Waals surface area contributed by atoms with Crippen LogP contribution in [-0.2, 0) is 5.54 Å². The van der Waals surface area contributed by atoms with Crippen molar-refractivity contribution in [3.63, 3.8) is 0 Å². The van der Waals surface area contributed by atoms with E-state index in [2.05, 4.69) is 4.68 Å². The first-order chi connectivity index (χ1) is 17.1. The molecular weight excluding hydrogens is 443 g/mol. The number of hydrogen-bond donors (Lipinski definition) is 0. The number of anilines is 1. The normalized spacial score (nSPS) is 23.0. The highest BCUT2D eigenvalue weighted by Gasteiger charge is 2.55. The maximum Gasteiger partial charge on any atom is 0.260 e. The molecule has 3 aliphatic rings. The maximum absolute atomic E-state index is 13.9. The van der Waals surface area contributed by atoms with Crippen molar-refractivity contribution >= 4 is 11.9 Å². The van der Waals surface area contributed by atoms with Gasteiger partial charge in [0.1, 0.15) is 11.6 Å². The van der Waals surface area contributed by atoms with Crippen LogP contribution in [0.1, 0.15) is 68.1 Å². The van der Waals surface area contributed by atoms with E-state index in [9.17, 15) is 9.18 Å². The highest BCUT2D eigenvalue weighted by Crippen LogP contribution is 2.53. The number of benzene rings is 2. The molecule has 2 aromatic carbocycles. The summed E-state index contributed by atoms with van der Waals surface area (Å²) in [4.78, 5) is 20.8. The van der Waals surface area contributed by atoms with Gasteiger partial charge in [-0.15, -0.1) is 5.10 Å². The molecule has 2 fully saturated rings. The molecular formula is C28H31FN4O2. The molecule has 2 saturated carbocycles. The summed E-state index contributed by atoms with van der Waals surface area (Å²) in [6.07, 6.45) is 10.1. The second-order valence-corrected chi connectivity index (χ2v) is 10.2. The molecule has 182 valence electrons. The van der Waals surface area contributed by atoms with Crippen molar-refractivity contribution in [3.05, 3.63) is 59.9 Å². The Labute approximate surface area is 205 Å². The fourth-order valence-electron chi connectivity index (χ4n) is 6.69. The second kappa shape index (κ2) is 8.77. The summed E-state index contributed by atoms with van der Waals surface area (Å²) in [6.45, 7) is 0. The van der Waals surface area contributed by atoms with E-state index in [0.717, 1.165) is 43.4 Å². The molecule has 0 N–H and O–H groups in total. The zero-order valence-corrected chi connectivity index (χ0v) is 20.1. The van der Waals surface area contributed by atoms with Crippen LogP contribution in [0.3, 0.4) is 0 Å². The highest BCUT2D eigenvalue weighted by atomic mass is 19.1. The quantitative estimate of drug-likeness (QED) is 0.469. The SMILES string of the molecule is COc1ccc(-c2nc3n(n2)C2(CCCCC2)[C@@H]2CCCC[C@@H]2N3C(=O)c2ccc(F)cc2)cc1. The monoisotopic (exact) mass is 474 g/mol. The summed E-state index contributed by atoms with van der Waals surface area (Å²) in [5, 5.41) is 5.10. The van der Waals surface area contributed by atoms with Gasteiger partial charge in [0.15, 0.2) is 5.82 Å². The minimum Gasteiger partial charge on any atom is -0.497 e. The van der Waals surface area contributed by atoms with Crippen molar-refractivity contribution in [3.8, 4) is 17.1 Å². The molecule has 0 saturated heterocycles. The van der Waals surface area contributed by atoms with Gasteiger partial charge in [-0.25, -0.2) is 9.07 Å². The van der Waals surface area contributed by atoms with Gasteiger partial charge < -0.3 is 4.74 Å². The molecule has 2 aliphatic carbocycles. The molecule has 7 heteroatoms. The second-order valence-electron chi connectivity index (χ2n) is 10.2. The Morgan fingerprint density at radius 2 is 1.69 bits per heavy atom. The average Bonchev–Trinajstić information content (AvgIpc) is 3.36. The molecule has 2 atom stereocenters. The Morgan fingerprint density at radius 3 is 2.40 bits per heavy atom. The van der Waals surface area contributed by atoms with Gasteiger partial charge in [0, 0.05) is 23.1 Å². The summed E-state index contributed by atoms with van der Waals surface area (Å²) < 4.78 is 21.1. The molecule has 3 aromatic rings. The van der Waals surface area contributed by atoms with Crippen LogP contribution in [0.15, 0.2) is 48.5 Å². The van der Waals surface area contributed by atoms with Crippen molar-refractivity contribution in [2.45, 2.75) is 69.4 Å². The lowest BCUT2D eigenvalue weighted by Gasteiger charge is -2.55. The van der Waals surface area contributed by atoms with Gasteiger partial charge in [0.25, 0.3) is 5.91 Å². The number of nitrogens with zero attached hydrogens (tertiary/aromatic N) is 4. The van der Waals surface area contributed by atoms with Crippen molar-refractivity contribution < 1.29 is 13.9 Å². The number of hydrogen-bond acceptors (Lipinski definition) is 4. The molecule has 35 heavy (non-hydrogen) atoms. The minimum absolute atomic E-state index is 0.0832. The maximum atomic E-state index is 13.9. The molecule has 2 heterocycles. The number of carbonyl (C=O) groups excluding carboxylic acids is 1. The third-order valence-corrected chi connectivity index (χ3v) is 8.36. The van der Waals surface area contributed by atoms with Crippen LogP contribution in [0.25, 0.3) is 11.4 Å². The summed E-state index contributed by atoms with van der Waals surface area (Å²) >= 11 is 0. The number of carbonyl (C=O) groups is 1. The van der Waals surface area contributed by atoms with E-state index < -0.39 is 0 Å². The van der Waals surface area contributed by atoms with Crippen LogP contribution in [0, 0.1) is 11.7 Å². The van der Waals surface area contributed by atoms with Crippen LogP contribution in [0.5, 0.6) is 5.75 Å². The Bertz CT molecular complexity index is 1210. The van der Waals surface area contributed by atoms with E-state index in [0.29, 0.717) is 23.3 Å². The standard InChI is InChI=1S/C28H31FN4O2/c1-35-22-15-11-19(12-16-22)25-30-27-32(26(34)20-9-13-21(29)14-10-20)24-8-4-3-7-23(24)28(33(27)31-25)17-5-2-6-18-28/h9-16,23-24H,2-8,17-18H2,1H3/t23-,24+/m1/s1. The average molecular weight is 475 g/mol. The first-order valence-corrected chi connectivity index (χ1v) is 12.8. The fraction of sp³-hybridized carbons (Fsp3) is 0.464. The summed E-state index contributed by atoms with van der Waals surface area (Å²) in [6, 6.07) is 13.7. The molecule has 1 aromatic heterocycles. The topological polar surface area (TPSA) is 60.2 Å². The molecule has 1 amide bonds. The predicted molar refractivity (Wildman–Crippen MR) is 132 cm³/mol. The zero-order valence-electron chi connectivity index (χ0n) is 20.1. The van der Waals surface area contributed by atoms with Gasteiger partial charge >= 0.3 is 0 Å². The summed E-state index contributed by atoms with van der Waals surface area (Å²) in [5.74, 6) is 1.92. The largest absolute Gasteiger partial charge is 0.497 e. The van der Waals surface area contributed by atoms with Crippen molar-refractivity contribution in [2.24, 2.45) is 5.92 Å². The molecule has 1 aliphatic heterocycles. The van der Waals surface area contributed by atoms with E-state index in [4.69, 9.17) is 14.8 Å². The number of halogens is 1. The lowest BCUT2D eigenvalue weighted by Crippen LogP contribution is -2.61. The van der Waals surface area contributed by atoms with Gasteiger partial charge in [0.2, 0.25) is 5.95 Å². The lowest BCUT2D eigenvalue weighted by molar-refractivity contribution is 0.0314. The number of ether oxygens (including phenoxy) is 1. The molecule has 6 rings (SSSR count). The lowest BCUT2D eigenvalue weighted by atomic mass is 9.64. The van der Waals surface area contributed by atoms with Gasteiger partial charge in [-0.3, -0.25) is 9.69 Å². The predicted octanol–water partition coefficient (Wildman–Crippen LogP) is 5.97. The highest BCUT2D eigenvalue weighted by molar-refractivity contribution is 6.06. The van der Waals surface area contributed by atoms with Crippen LogP contribution in [0.2, 0.25) is 0 Å². The summed E-state index contributed by atoms with van der Waals surface area (Å²) in [5.41, 5.74) is 1.28. The van der Waals surface area contributed by atoms with Crippen molar-refractivity contribution in [2.75, 3.05) is 12.0 Å². The first kappa shape index (κ1) is 22.3. The minimum atomic E-state index is -0.346. The Balaban J connectivity index is 1.51. The van der Waals surface area contributed by atoms with Gasteiger partial charge in [-0.05, 0) is 74.2 Å². The number of amides is 1. The molecule has 0 radical (unpaired) electrons. The van der Waals surface area contributed by atoms with Gasteiger partial charge in [-0.1, -0.05) is 32.1 Å². The third-order valence-electron chi connectivity index (χ3n) is 8.36. The van der Waals surface area contributed by atoms with Crippen molar-refractivity contribution in [1.82, 2.24) is 14.8 Å². The molecule has 0 bridgehead atoms. The summed E-state index contributed by atoms with van der Waals surface area (Å²) in [7, 11) is 1.65. The number of aromatic nitrogens is 3. The van der Waals surface area contributed by atoms with Gasteiger partial charge in [-0.2, -0.15) is 4.98 Å². The molecule has 0 unspecified atom stereocenters. The third kappa shape index (κ3) is 3.63. The first-order valence-electron chi connectivity index (χ1n) is 12.8. The van der Waals surface area contributed by atoms with Crippen LogP contribution in [-0.4, -0.2) is 33.8 Å². The van der Waals surface area contributed by atoms with E-state index in [1.54, 1.807) is 19.2 Å². The Morgan fingerprint density at radius 1 is 0.971 bits per heavy atom. The molecule has 1 spiro atoms. The smallest absolute Gasteiger partial charge is 0.260 e. The number of fused-ring (bicyclic) bond motifs is 4. The zero-order chi connectivity index (χ0) is 24.0. The van der Waals surface area contributed by atoms with Crippen molar-refractivity contribution in [1.29, 1.82) is 0 Å². The van der Waals surface area contributed by atoms with Crippen LogP contribution < -0.4 is 9.64 Å². The van der Waals surface area contributed by atoms with Gasteiger partial charge in [0.05, 0.1) is 12.6 Å².